The first kappa shape index (κ1) is 29.5. The average molecular weight is 605 g/mol. The van der Waals surface area contributed by atoms with Gasteiger partial charge in [0.1, 0.15) is 24.1 Å². The summed E-state index contributed by atoms with van der Waals surface area (Å²) in [5.74, 6) is 0.400. The zero-order chi connectivity index (χ0) is 27.3. The Hall–Kier alpha value is -1.05. The molecule has 8 atom stereocenters. The quantitative estimate of drug-likeness (QED) is 0.0948. The molecule has 25 heteroatoms. The topological polar surface area (TPSA) is 312 Å². The van der Waals surface area contributed by atoms with E-state index in [2.05, 4.69) is 22.8 Å². The molecule has 3 aliphatic rings. The SMILES string of the molecule is O=C1N2C=CNC2=CCN1[C@@H]1O[C@H](C(O)OP(=O)(O)OP(=O)(O)OP(=O)(O)OP(=O)(O)O)[C@@H](O)[C@H]1O. The first-order chi connectivity index (χ1) is 16.3. The van der Waals surface area contributed by atoms with Crippen molar-refractivity contribution in [1.82, 2.24) is 15.1 Å². The molecule has 4 unspecified atom stereocenters. The summed E-state index contributed by atoms with van der Waals surface area (Å²) in [6.07, 6.45) is -6.01. The van der Waals surface area contributed by atoms with Crippen LogP contribution in [0.2, 0.25) is 0 Å². The molecule has 36 heavy (non-hydrogen) atoms. The van der Waals surface area contributed by atoms with Crippen molar-refractivity contribution in [2.24, 2.45) is 0 Å². The van der Waals surface area contributed by atoms with E-state index in [4.69, 9.17) is 19.4 Å². The number of hydrogen-bond acceptors (Lipinski definition) is 14. The lowest BCUT2D eigenvalue weighted by molar-refractivity contribution is -0.165. The summed E-state index contributed by atoms with van der Waals surface area (Å²) in [5, 5.41) is 33.3. The maximum Gasteiger partial charge on any atom is 0.490 e. The van der Waals surface area contributed by atoms with Crippen LogP contribution in [0.5, 0.6) is 0 Å². The number of carbonyl (C=O) groups excluding carboxylic acids is 1. The second kappa shape index (κ2) is 10.3. The van der Waals surface area contributed by atoms with Crippen molar-refractivity contribution in [3.8, 4) is 0 Å². The van der Waals surface area contributed by atoms with E-state index in [0.717, 1.165) is 9.80 Å². The Kier molecular flexibility index (Phi) is 8.41. The van der Waals surface area contributed by atoms with E-state index < -0.39 is 68.2 Å². The Morgan fingerprint density at radius 3 is 2.17 bits per heavy atom. The number of nitrogens with zero attached hydrogens (tertiary/aromatic N) is 2. The Bertz CT molecular complexity index is 1140. The Morgan fingerprint density at radius 2 is 1.56 bits per heavy atom. The standard InChI is InChI=1S/C11H19N3O18P4/c15-6-7(16)9(14-3-1-5-12-2-4-13(5)11(14)18)28-8(6)10(17)29-34(22,23)31-36(26,27)32-35(24,25)30-33(19,20)21/h1-2,4,6-10,12,15-17H,3H2,(H,22,23)(H,24,25)(H,26,27)(H2,19,20,21)/t6-,7+,8-,9+,10?/m0/s1. The van der Waals surface area contributed by atoms with Gasteiger partial charge in [-0.25, -0.2) is 23.1 Å². The molecule has 1 saturated heterocycles. The Morgan fingerprint density at radius 1 is 0.972 bits per heavy atom. The monoisotopic (exact) mass is 605 g/mol. The Balaban J connectivity index is 1.65. The van der Waals surface area contributed by atoms with Crippen LogP contribution in [0.1, 0.15) is 0 Å². The number of nitrogens with one attached hydrogen (secondary N) is 1. The van der Waals surface area contributed by atoms with Gasteiger partial charge < -0.3 is 49.8 Å². The molecule has 3 heterocycles. The maximum atomic E-state index is 12.6. The zero-order valence-electron chi connectivity index (χ0n) is 17.2. The van der Waals surface area contributed by atoms with Gasteiger partial charge in [-0.1, -0.05) is 0 Å². The van der Waals surface area contributed by atoms with E-state index in [9.17, 15) is 48.2 Å². The van der Waals surface area contributed by atoms with Gasteiger partial charge >= 0.3 is 37.3 Å². The van der Waals surface area contributed by atoms with Gasteiger partial charge in [0.25, 0.3) is 0 Å². The minimum Gasteiger partial charge on any atom is -0.387 e. The van der Waals surface area contributed by atoms with Crippen molar-refractivity contribution in [3.63, 3.8) is 0 Å². The number of fused-ring (bicyclic) bond motifs is 1. The fourth-order valence-corrected chi connectivity index (χ4v) is 7.59. The lowest BCUT2D eigenvalue weighted by Crippen LogP contribution is -2.53. The molecule has 2 amide bonds. The molecule has 0 bridgehead atoms. The van der Waals surface area contributed by atoms with Crippen molar-refractivity contribution < 1.29 is 85.0 Å². The summed E-state index contributed by atoms with van der Waals surface area (Å²) >= 11 is 0. The van der Waals surface area contributed by atoms with Crippen LogP contribution < -0.4 is 5.32 Å². The van der Waals surface area contributed by atoms with Gasteiger partial charge in [-0.15, -0.1) is 0 Å². The molecular weight excluding hydrogens is 586 g/mol. The molecule has 3 rings (SSSR count). The third kappa shape index (κ3) is 7.08. The van der Waals surface area contributed by atoms with Crippen LogP contribution in [0.15, 0.2) is 24.3 Å². The van der Waals surface area contributed by atoms with Crippen LogP contribution in [0.25, 0.3) is 0 Å². The van der Waals surface area contributed by atoms with Gasteiger partial charge in [-0.2, -0.15) is 12.9 Å². The van der Waals surface area contributed by atoms with Crippen LogP contribution in [0.4, 0.5) is 4.79 Å². The van der Waals surface area contributed by atoms with Crippen LogP contribution >= 0.6 is 31.3 Å². The number of aliphatic hydroxyl groups is 3. The summed E-state index contributed by atoms with van der Waals surface area (Å²) in [4.78, 5) is 59.5. The average Bonchev–Trinajstić information content (AvgIpc) is 3.24. The molecule has 1 fully saturated rings. The maximum absolute atomic E-state index is 12.6. The minimum atomic E-state index is -6.15. The fraction of sp³-hybridized carbons (Fsp3) is 0.545. The lowest BCUT2D eigenvalue weighted by Gasteiger charge is -2.35. The van der Waals surface area contributed by atoms with Crippen molar-refractivity contribution in [3.05, 3.63) is 24.3 Å². The molecule has 0 aromatic carbocycles. The number of ether oxygens (including phenoxy) is 1. The molecule has 0 aromatic rings. The van der Waals surface area contributed by atoms with Crippen molar-refractivity contribution in [2.45, 2.75) is 30.8 Å². The van der Waals surface area contributed by atoms with Gasteiger partial charge in [-0.05, 0) is 6.08 Å². The smallest absolute Gasteiger partial charge is 0.387 e. The molecule has 0 saturated carbocycles. The molecule has 0 radical (unpaired) electrons. The molecule has 0 aliphatic carbocycles. The highest BCUT2D eigenvalue weighted by Crippen LogP contribution is 2.70. The largest absolute Gasteiger partial charge is 0.490 e. The molecular formula is C11H19N3O18P4. The molecule has 0 aromatic heterocycles. The highest BCUT2D eigenvalue weighted by atomic mass is 31.3. The van der Waals surface area contributed by atoms with Gasteiger partial charge in [0.15, 0.2) is 12.5 Å². The van der Waals surface area contributed by atoms with E-state index >= 15 is 0 Å². The normalized spacial score (nSPS) is 32.2. The highest BCUT2D eigenvalue weighted by Gasteiger charge is 2.53. The number of carbonyl (C=O) groups is 1. The molecule has 0 spiro atoms. The summed E-state index contributed by atoms with van der Waals surface area (Å²) in [7, 11) is -23.9. The first-order valence-electron chi connectivity index (χ1n) is 9.10. The summed E-state index contributed by atoms with van der Waals surface area (Å²) in [6, 6.07) is -0.721. The number of aliphatic hydroxyl groups excluding tert-OH is 3. The Labute approximate surface area is 199 Å². The number of rotatable bonds is 10. The third-order valence-corrected chi connectivity index (χ3v) is 9.83. The zero-order valence-corrected chi connectivity index (χ0v) is 20.7. The van der Waals surface area contributed by atoms with Gasteiger partial charge in [-0.3, -0.25) is 14.3 Å². The van der Waals surface area contributed by atoms with Gasteiger partial charge in [0, 0.05) is 18.9 Å². The first-order valence-corrected chi connectivity index (χ1v) is 15.1. The van der Waals surface area contributed by atoms with E-state index in [1.807, 2.05) is 0 Å². The van der Waals surface area contributed by atoms with Crippen molar-refractivity contribution in [2.75, 3.05) is 6.54 Å². The van der Waals surface area contributed by atoms with Gasteiger partial charge in [0.05, 0.1) is 0 Å². The number of phosphoric acid groups is 4. The molecule has 3 aliphatic heterocycles. The summed E-state index contributed by atoms with van der Waals surface area (Å²) in [6.45, 7) is -0.137. The number of amides is 2. The molecule has 206 valence electrons. The van der Waals surface area contributed by atoms with Crippen LogP contribution in [0.3, 0.4) is 0 Å². The van der Waals surface area contributed by atoms with Crippen molar-refractivity contribution >= 4 is 37.3 Å². The number of urea groups is 1. The van der Waals surface area contributed by atoms with E-state index in [-0.39, 0.29) is 6.54 Å². The van der Waals surface area contributed by atoms with Crippen molar-refractivity contribution in [1.29, 1.82) is 0 Å². The van der Waals surface area contributed by atoms with E-state index in [1.165, 1.54) is 18.5 Å². The summed E-state index contributed by atoms with van der Waals surface area (Å²) in [5.41, 5.74) is 0. The highest BCUT2D eigenvalue weighted by molar-refractivity contribution is 7.69. The molecule has 21 nitrogen and oxygen atoms in total. The third-order valence-electron chi connectivity index (χ3n) is 4.37. The minimum absolute atomic E-state index is 0.137. The van der Waals surface area contributed by atoms with E-state index in [1.54, 1.807) is 0 Å². The van der Waals surface area contributed by atoms with E-state index in [0.29, 0.717) is 5.82 Å². The second-order valence-corrected chi connectivity index (χ2v) is 12.9. The predicted molar refractivity (Wildman–Crippen MR) is 107 cm³/mol. The van der Waals surface area contributed by atoms with Crippen LogP contribution in [-0.2, 0) is 40.5 Å². The predicted octanol–water partition coefficient (Wildman–Crippen LogP) is -2.13. The lowest BCUT2D eigenvalue weighted by atomic mass is 10.1. The molecule has 9 N–H and O–H groups in total. The summed E-state index contributed by atoms with van der Waals surface area (Å²) < 4.78 is 65.3. The van der Waals surface area contributed by atoms with Crippen LogP contribution in [-0.4, -0.2) is 93.0 Å². The number of hydrogen-bond donors (Lipinski definition) is 9. The van der Waals surface area contributed by atoms with Crippen LogP contribution in [0, 0.1) is 0 Å². The number of phosphoric ester groups is 1. The second-order valence-electron chi connectivity index (χ2n) is 6.96. The van der Waals surface area contributed by atoms with Gasteiger partial charge in [0.2, 0.25) is 0 Å². The fourth-order valence-electron chi connectivity index (χ4n) is 3.10.